The molecule has 4 aliphatic rings. The molecule has 0 aliphatic carbocycles. The van der Waals surface area contributed by atoms with E-state index in [9.17, 15) is 0 Å². The number of anilines is 3. The monoisotopic (exact) mass is 715 g/mol. The number of hydrogen-bond donors (Lipinski definition) is 0. The quantitative estimate of drug-likeness (QED) is 0.134. The van der Waals surface area contributed by atoms with Gasteiger partial charge in [-0.1, -0.05) is 142 Å². The van der Waals surface area contributed by atoms with E-state index in [1.165, 1.54) is 65.9 Å². The van der Waals surface area contributed by atoms with Crippen molar-refractivity contribution in [1.29, 1.82) is 0 Å². The third-order valence-corrected chi connectivity index (χ3v) is 12.7. The van der Waals surface area contributed by atoms with Crippen LogP contribution in [-0.4, -0.2) is 6.71 Å². The summed E-state index contributed by atoms with van der Waals surface area (Å²) in [5.74, 6) is 3.56. The second-order valence-electron chi connectivity index (χ2n) is 16.8. The Morgan fingerprint density at radius 3 is 1.80 bits per heavy atom. The molecule has 0 aromatic heterocycles. The van der Waals surface area contributed by atoms with Gasteiger partial charge in [-0.25, -0.2) is 0 Å². The van der Waals surface area contributed by atoms with Crippen molar-refractivity contribution in [2.24, 2.45) is 0 Å². The van der Waals surface area contributed by atoms with E-state index in [0.717, 1.165) is 61.8 Å². The first-order valence-electron chi connectivity index (χ1n) is 19.6. The van der Waals surface area contributed by atoms with E-state index in [4.69, 9.17) is 9.47 Å². The van der Waals surface area contributed by atoms with E-state index in [-0.39, 0.29) is 12.1 Å². The lowest BCUT2D eigenvalue weighted by Crippen LogP contribution is -2.62. The van der Waals surface area contributed by atoms with E-state index in [2.05, 4.69) is 177 Å². The first-order chi connectivity index (χ1) is 27.4. The summed E-state index contributed by atoms with van der Waals surface area (Å²) in [5, 5.41) is 7.72. The van der Waals surface area contributed by atoms with Crippen molar-refractivity contribution < 1.29 is 9.47 Å². The molecule has 0 N–H and O–H groups in total. The van der Waals surface area contributed by atoms with Crippen LogP contribution < -0.4 is 30.8 Å². The van der Waals surface area contributed by atoms with E-state index < -0.39 is 0 Å². The summed E-state index contributed by atoms with van der Waals surface area (Å²) in [6, 6.07) is 55.3. The maximum absolute atomic E-state index is 7.43. The lowest BCUT2D eigenvalue weighted by atomic mass is 9.32. The summed E-state index contributed by atoms with van der Waals surface area (Å²) < 4.78 is 14.7. The maximum Gasteiger partial charge on any atom is 0.266 e. The number of nitrogens with zero attached hydrogens (tertiary/aromatic N) is 1. The molecule has 4 heterocycles. The summed E-state index contributed by atoms with van der Waals surface area (Å²) in [4.78, 5) is 2.56. The van der Waals surface area contributed by atoms with Crippen molar-refractivity contribution in [3.05, 3.63) is 157 Å². The van der Waals surface area contributed by atoms with Crippen LogP contribution in [0.3, 0.4) is 0 Å². The number of hydrogen-bond acceptors (Lipinski definition) is 3. The van der Waals surface area contributed by atoms with Gasteiger partial charge in [0.05, 0.1) is 11.4 Å². The highest BCUT2D eigenvalue weighted by Gasteiger charge is 2.51. The Labute approximate surface area is 325 Å². The average Bonchev–Trinajstić information content (AvgIpc) is 3.23. The highest BCUT2D eigenvalue weighted by Crippen LogP contribution is 2.59. The molecule has 0 saturated carbocycles. The second-order valence-corrected chi connectivity index (χ2v) is 16.8. The molecule has 0 unspecified atom stereocenters. The molecule has 56 heavy (non-hydrogen) atoms. The summed E-state index contributed by atoms with van der Waals surface area (Å²) >= 11 is 0. The molecule has 262 valence electrons. The molecule has 0 radical (unpaired) electrons. The Morgan fingerprint density at radius 1 is 0.482 bits per heavy atom. The third-order valence-electron chi connectivity index (χ3n) is 12.7. The smallest absolute Gasteiger partial charge is 0.266 e. The zero-order chi connectivity index (χ0) is 37.0. The third kappa shape index (κ3) is 3.79. The minimum atomic E-state index is -0.0982. The van der Waals surface area contributed by atoms with Crippen LogP contribution in [0.15, 0.2) is 152 Å². The minimum absolute atomic E-state index is 0.0324. The molecule has 0 fully saturated rings. The summed E-state index contributed by atoms with van der Waals surface area (Å²) in [6.07, 6.45) is 0. The zero-order valence-corrected chi connectivity index (χ0v) is 31.3. The average molecular weight is 716 g/mol. The molecule has 3 nitrogen and oxygen atoms in total. The summed E-state index contributed by atoms with van der Waals surface area (Å²) in [6.45, 7) is 6.88. The van der Waals surface area contributed by atoms with Gasteiger partial charge in [0, 0.05) is 38.4 Å². The highest BCUT2D eigenvalue weighted by atomic mass is 16.5. The fraction of sp³-hybridized carbons (Fsp3) is 0.0769. The number of fused-ring (bicyclic) bond motifs is 2. The molecule has 0 bridgehead atoms. The van der Waals surface area contributed by atoms with E-state index in [1.807, 2.05) is 0 Å². The predicted octanol–water partition coefficient (Wildman–Crippen LogP) is 12.3. The van der Waals surface area contributed by atoms with Crippen LogP contribution in [0.25, 0.3) is 65.7 Å². The first kappa shape index (κ1) is 30.5. The van der Waals surface area contributed by atoms with Crippen molar-refractivity contribution in [2.45, 2.75) is 26.2 Å². The van der Waals surface area contributed by atoms with Crippen molar-refractivity contribution in [1.82, 2.24) is 0 Å². The minimum Gasteiger partial charge on any atom is -0.458 e. The molecule has 9 aromatic carbocycles. The van der Waals surface area contributed by atoms with Crippen LogP contribution in [0, 0.1) is 0 Å². The summed E-state index contributed by atoms with van der Waals surface area (Å²) in [5.41, 5.74) is 15.2. The van der Waals surface area contributed by atoms with Gasteiger partial charge in [-0.15, -0.1) is 0 Å². The fourth-order valence-corrected chi connectivity index (χ4v) is 10.4. The molecule has 4 heteroatoms. The molecule has 0 atom stereocenters. The van der Waals surface area contributed by atoms with Crippen LogP contribution in [0.2, 0.25) is 0 Å². The molecule has 9 aromatic rings. The normalized spacial score (nSPS) is 13.8. The Morgan fingerprint density at radius 2 is 1.11 bits per heavy atom. The van der Waals surface area contributed by atoms with Gasteiger partial charge in [-0.3, -0.25) is 0 Å². The molecule has 0 amide bonds. The maximum atomic E-state index is 7.43. The van der Waals surface area contributed by atoms with Gasteiger partial charge in [-0.05, 0) is 90.6 Å². The Bertz CT molecular complexity index is 3220. The van der Waals surface area contributed by atoms with Crippen molar-refractivity contribution in [3.63, 3.8) is 0 Å². The van der Waals surface area contributed by atoms with Crippen LogP contribution in [0.5, 0.6) is 23.0 Å². The van der Waals surface area contributed by atoms with Crippen LogP contribution in [0.1, 0.15) is 26.3 Å². The van der Waals surface area contributed by atoms with E-state index >= 15 is 0 Å². The Balaban J connectivity index is 1.25. The van der Waals surface area contributed by atoms with Gasteiger partial charge in [0.1, 0.15) is 23.0 Å². The molecule has 13 rings (SSSR count). The van der Waals surface area contributed by atoms with Gasteiger partial charge in [0.15, 0.2) is 0 Å². The number of ether oxygens (including phenoxy) is 2. The Hall–Kier alpha value is -6.78. The number of rotatable bonds is 3. The molecular formula is C52H34BNO2. The first-order valence-corrected chi connectivity index (χ1v) is 19.6. The van der Waals surface area contributed by atoms with Crippen LogP contribution in [-0.2, 0) is 5.41 Å². The van der Waals surface area contributed by atoms with Crippen LogP contribution in [0.4, 0.5) is 17.1 Å². The fourth-order valence-electron chi connectivity index (χ4n) is 10.4. The van der Waals surface area contributed by atoms with E-state index in [1.54, 1.807) is 0 Å². The Kier molecular flexibility index (Phi) is 5.72. The highest BCUT2D eigenvalue weighted by molar-refractivity contribution is 7.01. The van der Waals surface area contributed by atoms with Crippen molar-refractivity contribution in [3.8, 4) is 56.4 Å². The zero-order valence-electron chi connectivity index (χ0n) is 31.3. The van der Waals surface area contributed by atoms with Gasteiger partial charge >= 0.3 is 0 Å². The molecule has 0 spiro atoms. The summed E-state index contributed by atoms with van der Waals surface area (Å²) in [7, 11) is 0. The van der Waals surface area contributed by atoms with Gasteiger partial charge in [0.25, 0.3) is 6.71 Å². The standard InChI is InChI=1S/C52H34BNO2/c1-52(2,3)37-24-26-38-44-35(37)21-19-32-20-22-36-42(31-17-11-6-12-18-31)51-48-49(45(36)43(32)44)54(38)39-25-23-34(30-15-9-5-10-16-30)50-46(39)53(48)47-40(55-50)27-33(28-41(47)56-51)29-13-7-4-8-14-29/h4-28H,1-3H3. The van der Waals surface area contributed by atoms with Crippen molar-refractivity contribution in [2.75, 3.05) is 4.90 Å². The molecular weight excluding hydrogens is 681 g/mol. The van der Waals surface area contributed by atoms with Gasteiger partial charge in [0.2, 0.25) is 0 Å². The lowest BCUT2D eigenvalue weighted by Gasteiger charge is -2.46. The SMILES string of the molecule is CC(C)(C)c1ccc2c3c1ccc1ccc4c(-c5ccccc5)c5c6c(c4c13)N2c1ccc(-c2ccccc2)c2c1B6c1c(cc(-c3ccccc3)cc1O5)O2. The largest absolute Gasteiger partial charge is 0.458 e. The number of benzene rings is 9. The van der Waals surface area contributed by atoms with Crippen molar-refractivity contribution >= 4 is 72.5 Å². The molecule has 0 saturated heterocycles. The molecule has 4 aliphatic heterocycles. The van der Waals surface area contributed by atoms with Gasteiger partial charge < -0.3 is 14.4 Å². The van der Waals surface area contributed by atoms with Crippen LogP contribution >= 0.6 is 0 Å². The topological polar surface area (TPSA) is 21.7 Å². The predicted molar refractivity (Wildman–Crippen MR) is 233 cm³/mol. The van der Waals surface area contributed by atoms with E-state index in [0.29, 0.717) is 0 Å². The lowest BCUT2D eigenvalue weighted by molar-refractivity contribution is 0.466. The second kappa shape index (κ2) is 10.5. The van der Waals surface area contributed by atoms with Gasteiger partial charge in [-0.2, -0.15) is 0 Å².